The summed E-state index contributed by atoms with van der Waals surface area (Å²) in [6.45, 7) is 4.60. The molecule has 0 heterocycles. The molecule has 1 atom stereocenters. The van der Waals surface area contributed by atoms with E-state index in [1.54, 1.807) is 0 Å². The lowest BCUT2D eigenvalue weighted by Gasteiger charge is -2.04. The van der Waals surface area contributed by atoms with Gasteiger partial charge in [0, 0.05) is 0 Å². The summed E-state index contributed by atoms with van der Waals surface area (Å²) in [6.07, 6.45) is -0.667. The van der Waals surface area contributed by atoms with Crippen molar-refractivity contribution in [2.75, 3.05) is 6.61 Å². The fourth-order valence-corrected chi connectivity index (χ4v) is 0.329. The van der Waals surface area contributed by atoms with Crippen molar-refractivity contribution in [1.82, 2.24) is 0 Å². The summed E-state index contributed by atoms with van der Waals surface area (Å²) in [5.74, 6) is -0.692. The molecule has 0 aliphatic rings. The third-order valence-electron chi connectivity index (χ3n) is 0.677. The van der Waals surface area contributed by atoms with Gasteiger partial charge in [-0.3, -0.25) is 0 Å². The Balaban J connectivity index is 3.50. The first-order valence-corrected chi connectivity index (χ1v) is 3.11. The van der Waals surface area contributed by atoms with Crippen molar-refractivity contribution in [2.45, 2.75) is 13.0 Å². The van der Waals surface area contributed by atoms with Gasteiger partial charge in [0.15, 0.2) is 0 Å². The van der Waals surface area contributed by atoms with Crippen molar-refractivity contribution in [1.29, 1.82) is 0 Å². The topological polar surface area (TPSA) is 46.5 Å². The normalized spacial score (nSPS) is 12.3. The van der Waals surface area contributed by atoms with Gasteiger partial charge < -0.3 is 9.84 Å². The van der Waals surface area contributed by atoms with E-state index in [4.69, 9.17) is 16.7 Å². The number of carbonyl (C=O) groups excluding carboxylic acids is 1. The number of aliphatic hydroxyl groups excluding tert-OH is 1. The van der Waals surface area contributed by atoms with E-state index in [0.717, 1.165) is 0 Å². The van der Waals surface area contributed by atoms with Gasteiger partial charge in [0.1, 0.15) is 11.6 Å². The molecule has 58 valence electrons. The molecule has 0 aromatic rings. The van der Waals surface area contributed by atoms with Crippen LogP contribution in [0.4, 0.5) is 0 Å². The van der Waals surface area contributed by atoms with E-state index in [2.05, 4.69) is 11.3 Å². The highest BCUT2D eigenvalue weighted by Gasteiger charge is 2.05. The lowest BCUT2D eigenvalue weighted by Crippen LogP contribution is -2.14. The van der Waals surface area contributed by atoms with Gasteiger partial charge in [-0.05, 0) is 6.92 Å². The van der Waals surface area contributed by atoms with Crippen molar-refractivity contribution in [3.8, 4) is 0 Å². The largest absolute Gasteiger partial charge is 0.459 e. The number of hydrogen-bond acceptors (Lipinski definition) is 3. The molecule has 0 spiro atoms. The van der Waals surface area contributed by atoms with Crippen molar-refractivity contribution in [2.24, 2.45) is 0 Å². The number of hydrogen-bond donors (Lipinski definition) is 1. The number of ether oxygens (including phenoxy) is 1. The molecule has 0 aliphatic heterocycles. The molecule has 0 saturated heterocycles. The molecule has 10 heavy (non-hydrogen) atoms. The highest BCUT2D eigenvalue weighted by molar-refractivity contribution is 6.40. The molecule has 0 rings (SSSR count). The van der Waals surface area contributed by atoms with E-state index in [-0.39, 0.29) is 11.6 Å². The maximum absolute atomic E-state index is 10.5. The summed E-state index contributed by atoms with van der Waals surface area (Å²) < 4.78 is 4.44. The SMILES string of the molecule is C=C(Cl)C(=O)OCC(C)O. The quantitative estimate of drug-likeness (QED) is 0.493. The van der Waals surface area contributed by atoms with E-state index in [9.17, 15) is 4.79 Å². The minimum Gasteiger partial charge on any atom is -0.459 e. The van der Waals surface area contributed by atoms with Crippen LogP contribution in [0.3, 0.4) is 0 Å². The number of aliphatic hydroxyl groups is 1. The zero-order valence-electron chi connectivity index (χ0n) is 5.63. The average molecular weight is 165 g/mol. The summed E-state index contributed by atoms with van der Waals surface area (Å²) in [5, 5.41) is 8.45. The second-order valence-electron chi connectivity index (χ2n) is 1.85. The van der Waals surface area contributed by atoms with Crippen LogP contribution >= 0.6 is 11.6 Å². The molecular formula is C6H9ClO3. The standard InChI is InChI=1S/C6H9ClO3/c1-4(8)3-10-6(9)5(2)7/h4,8H,2-3H2,1H3. The van der Waals surface area contributed by atoms with Gasteiger partial charge in [0.25, 0.3) is 0 Å². The fourth-order valence-electron chi connectivity index (χ4n) is 0.275. The van der Waals surface area contributed by atoms with Crippen molar-refractivity contribution in [3.05, 3.63) is 11.6 Å². The van der Waals surface area contributed by atoms with E-state index >= 15 is 0 Å². The van der Waals surface area contributed by atoms with Crippen LogP contribution in [-0.2, 0) is 9.53 Å². The molecule has 0 bridgehead atoms. The molecule has 0 aliphatic carbocycles. The highest BCUT2D eigenvalue weighted by Crippen LogP contribution is 1.99. The summed E-state index contributed by atoms with van der Waals surface area (Å²) in [4.78, 5) is 10.5. The maximum atomic E-state index is 10.5. The second kappa shape index (κ2) is 4.30. The molecule has 0 amide bonds. The second-order valence-corrected chi connectivity index (χ2v) is 2.31. The van der Waals surface area contributed by atoms with E-state index in [1.165, 1.54) is 6.92 Å². The van der Waals surface area contributed by atoms with Crippen LogP contribution in [0.25, 0.3) is 0 Å². The van der Waals surface area contributed by atoms with E-state index in [1.807, 2.05) is 0 Å². The first kappa shape index (κ1) is 9.46. The van der Waals surface area contributed by atoms with Gasteiger partial charge in [0.05, 0.1) is 6.10 Å². The first-order valence-electron chi connectivity index (χ1n) is 2.73. The number of halogens is 1. The predicted octanol–water partition coefficient (Wildman–Crippen LogP) is 0.663. The van der Waals surface area contributed by atoms with Gasteiger partial charge >= 0.3 is 5.97 Å². The van der Waals surface area contributed by atoms with Gasteiger partial charge in [-0.15, -0.1) is 0 Å². The average Bonchev–Trinajstić information content (AvgIpc) is 1.82. The number of esters is 1. The van der Waals surface area contributed by atoms with Crippen LogP contribution in [0, 0.1) is 0 Å². The molecule has 0 aromatic heterocycles. The first-order chi connectivity index (χ1) is 4.54. The molecule has 0 radical (unpaired) electrons. The zero-order chi connectivity index (χ0) is 8.15. The molecular weight excluding hydrogens is 156 g/mol. The minimum atomic E-state index is -0.692. The van der Waals surface area contributed by atoms with Crippen LogP contribution < -0.4 is 0 Å². The monoisotopic (exact) mass is 164 g/mol. The van der Waals surface area contributed by atoms with Crippen LogP contribution in [0.5, 0.6) is 0 Å². The Labute approximate surface area is 64.2 Å². The third-order valence-corrected chi connectivity index (χ3v) is 0.831. The Bertz CT molecular complexity index is 142. The Morgan fingerprint density at radius 2 is 2.40 bits per heavy atom. The fraction of sp³-hybridized carbons (Fsp3) is 0.500. The van der Waals surface area contributed by atoms with Gasteiger partial charge in [-0.1, -0.05) is 18.2 Å². The van der Waals surface area contributed by atoms with Gasteiger partial charge in [-0.25, -0.2) is 4.79 Å². The Morgan fingerprint density at radius 1 is 1.90 bits per heavy atom. The molecule has 1 unspecified atom stereocenters. The van der Waals surface area contributed by atoms with Gasteiger partial charge in [-0.2, -0.15) is 0 Å². The van der Waals surface area contributed by atoms with Crippen LogP contribution in [0.1, 0.15) is 6.92 Å². The Hall–Kier alpha value is -0.540. The highest BCUT2D eigenvalue weighted by atomic mass is 35.5. The van der Waals surface area contributed by atoms with Crippen molar-refractivity contribution < 1.29 is 14.6 Å². The Kier molecular flexibility index (Phi) is 4.07. The lowest BCUT2D eigenvalue weighted by atomic mass is 10.4. The zero-order valence-corrected chi connectivity index (χ0v) is 6.39. The third kappa shape index (κ3) is 4.35. The summed E-state index contributed by atoms with van der Waals surface area (Å²) in [7, 11) is 0. The van der Waals surface area contributed by atoms with Gasteiger partial charge in [0.2, 0.25) is 0 Å². The Morgan fingerprint density at radius 3 is 2.70 bits per heavy atom. The smallest absolute Gasteiger partial charge is 0.349 e. The maximum Gasteiger partial charge on any atom is 0.349 e. The van der Waals surface area contributed by atoms with Crippen LogP contribution in [-0.4, -0.2) is 23.8 Å². The number of rotatable bonds is 3. The van der Waals surface area contributed by atoms with Crippen molar-refractivity contribution >= 4 is 17.6 Å². The molecule has 0 fully saturated rings. The molecule has 0 saturated carbocycles. The summed E-state index contributed by atoms with van der Waals surface area (Å²) in [5.41, 5.74) is 0. The van der Waals surface area contributed by atoms with E-state index < -0.39 is 12.1 Å². The van der Waals surface area contributed by atoms with Crippen molar-refractivity contribution in [3.63, 3.8) is 0 Å². The van der Waals surface area contributed by atoms with E-state index in [0.29, 0.717) is 0 Å². The molecule has 0 aromatic carbocycles. The minimum absolute atomic E-state index is 0.0510. The summed E-state index contributed by atoms with van der Waals surface area (Å²) in [6, 6.07) is 0. The van der Waals surface area contributed by atoms with Crippen LogP contribution in [0.15, 0.2) is 11.6 Å². The number of carbonyl (C=O) groups is 1. The predicted molar refractivity (Wildman–Crippen MR) is 37.6 cm³/mol. The lowest BCUT2D eigenvalue weighted by molar-refractivity contribution is -0.140. The summed E-state index contributed by atoms with van der Waals surface area (Å²) >= 11 is 5.16. The molecule has 1 N–H and O–H groups in total. The van der Waals surface area contributed by atoms with Crippen LogP contribution in [0.2, 0.25) is 0 Å². The molecule has 4 heteroatoms. The molecule has 3 nitrogen and oxygen atoms in total.